The average Bonchev–Trinajstić information content (AvgIpc) is 3.30. The second kappa shape index (κ2) is 9.48. The van der Waals surface area contributed by atoms with Crippen LogP contribution in [-0.4, -0.2) is 12.6 Å². The Hall–Kier alpha value is -0.530. The summed E-state index contributed by atoms with van der Waals surface area (Å²) in [5.74, 6) is 0.621. The predicted molar refractivity (Wildman–Crippen MR) is 93.2 cm³/mol. The van der Waals surface area contributed by atoms with Gasteiger partial charge in [-0.3, -0.25) is 0 Å². The Morgan fingerprint density at radius 1 is 1.14 bits per heavy atom. The molecule has 1 nitrogen and oxygen atoms in total. The Balaban J connectivity index is 1.77. The highest BCUT2D eigenvalue weighted by molar-refractivity contribution is 6.30. The molecule has 0 spiro atoms. The van der Waals surface area contributed by atoms with Crippen molar-refractivity contribution < 1.29 is 0 Å². The highest BCUT2D eigenvalue weighted by Crippen LogP contribution is 2.27. The average molecular weight is 308 g/mol. The zero-order valence-electron chi connectivity index (χ0n) is 13.4. The van der Waals surface area contributed by atoms with Gasteiger partial charge < -0.3 is 5.32 Å². The van der Waals surface area contributed by atoms with Gasteiger partial charge in [0.15, 0.2) is 0 Å². The van der Waals surface area contributed by atoms with Gasteiger partial charge >= 0.3 is 0 Å². The van der Waals surface area contributed by atoms with Crippen LogP contribution in [0, 0.1) is 0 Å². The van der Waals surface area contributed by atoms with Gasteiger partial charge in [0.25, 0.3) is 0 Å². The number of rotatable bonds is 11. The Kier molecular flexibility index (Phi) is 7.60. The fourth-order valence-corrected chi connectivity index (χ4v) is 3.11. The number of nitrogens with one attached hydrogen (secondary N) is 1. The summed E-state index contributed by atoms with van der Waals surface area (Å²) in [6, 6.07) is 9.24. The van der Waals surface area contributed by atoms with Crippen molar-refractivity contribution in [1.29, 1.82) is 0 Å². The maximum absolute atomic E-state index is 6.16. The summed E-state index contributed by atoms with van der Waals surface area (Å²) in [6.45, 7) is 3.39. The quantitative estimate of drug-likeness (QED) is 0.500. The smallest absolute Gasteiger partial charge is 0.0408 e. The molecule has 0 saturated heterocycles. The molecule has 21 heavy (non-hydrogen) atoms. The van der Waals surface area contributed by atoms with E-state index in [4.69, 9.17) is 11.6 Å². The molecular formula is C19H30ClN. The molecule has 0 radical (unpaired) electrons. The summed E-state index contributed by atoms with van der Waals surface area (Å²) >= 11 is 6.16. The standard InChI is InChI=1S/C19H30ClN/c1-2-3-4-5-6-7-9-17(15-21-19-12-13-19)16-10-8-11-18(20)14-16/h8,10-11,14,17,19,21H,2-7,9,12-13,15H2,1H3. The van der Waals surface area contributed by atoms with E-state index in [9.17, 15) is 0 Å². The molecule has 1 aromatic carbocycles. The summed E-state index contributed by atoms with van der Waals surface area (Å²) < 4.78 is 0. The Morgan fingerprint density at radius 2 is 1.90 bits per heavy atom. The van der Waals surface area contributed by atoms with E-state index in [1.54, 1.807) is 0 Å². The maximum atomic E-state index is 6.16. The van der Waals surface area contributed by atoms with Crippen LogP contribution in [0.1, 0.15) is 76.2 Å². The van der Waals surface area contributed by atoms with E-state index in [0.717, 1.165) is 17.6 Å². The number of halogens is 1. The van der Waals surface area contributed by atoms with Crippen LogP contribution in [0.2, 0.25) is 5.02 Å². The normalized spacial score (nSPS) is 16.1. The van der Waals surface area contributed by atoms with Gasteiger partial charge in [-0.2, -0.15) is 0 Å². The molecule has 1 unspecified atom stereocenters. The van der Waals surface area contributed by atoms with Crippen LogP contribution in [0.4, 0.5) is 0 Å². The second-order valence-electron chi connectivity index (χ2n) is 6.49. The first-order chi connectivity index (χ1) is 10.3. The lowest BCUT2D eigenvalue weighted by Crippen LogP contribution is -2.23. The van der Waals surface area contributed by atoms with Crippen LogP contribution in [-0.2, 0) is 0 Å². The molecule has 1 saturated carbocycles. The molecule has 1 atom stereocenters. The van der Waals surface area contributed by atoms with E-state index in [1.807, 2.05) is 6.07 Å². The molecule has 1 aromatic rings. The first kappa shape index (κ1) is 16.8. The predicted octanol–water partition coefficient (Wildman–Crippen LogP) is 5.93. The zero-order valence-corrected chi connectivity index (χ0v) is 14.2. The van der Waals surface area contributed by atoms with Crippen LogP contribution in [0.25, 0.3) is 0 Å². The van der Waals surface area contributed by atoms with E-state index in [0.29, 0.717) is 5.92 Å². The van der Waals surface area contributed by atoms with Crippen LogP contribution in [0.5, 0.6) is 0 Å². The fourth-order valence-electron chi connectivity index (χ4n) is 2.91. The van der Waals surface area contributed by atoms with Crippen LogP contribution in [0.15, 0.2) is 24.3 Å². The number of unbranched alkanes of at least 4 members (excludes halogenated alkanes) is 5. The molecular weight excluding hydrogens is 278 g/mol. The van der Waals surface area contributed by atoms with Gasteiger partial charge in [-0.05, 0) is 42.9 Å². The molecule has 1 aliphatic rings. The molecule has 0 bridgehead atoms. The highest BCUT2D eigenvalue weighted by Gasteiger charge is 2.22. The van der Waals surface area contributed by atoms with Crippen LogP contribution >= 0.6 is 11.6 Å². The first-order valence-electron chi connectivity index (χ1n) is 8.78. The number of hydrogen-bond donors (Lipinski definition) is 1. The SMILES string of the molecule is CCCCCCCCC(CNC1CC1)c1cccc(Cl)c1. The van der Waals surface area contributed by atoms with E-state index in [-0.39, 0.29) is 0 Å². The highest BCUT2D eigenvalue weighted by atomic mass is 35.5. The summed E-state index contributed by atoms with van der Waals surface area (Å²) in [5.41, 5.74) is 1.41. The van der Waals surface area contributed by atoms with E-state index in [2.05, 4.69) is 30.4 Å². The van der Waals surface area contributed by atoms with Gasteiger partial charge in [0.2, 0.25) is 0 Å². The monoisotopic (exact) mass is 307 g/mol. The third-order valence-electron chi connectivity index (χ3n) is 4.46. The lowest BCUT2D eigenvalue weighted by atomic mass is 9.92. The van der Waals surface area contributed by atoms with Crippen molar-refractivity contribution in [2.45, 2.75) is 76.7 Å². The topological polar surface area (TPSA) is 12.0 Å². The van der Waals surface area contributed by atoms with Gasteiger partial charge in [0, 0.05) is 17.6 Å². The van der Waals surface area contributed by atoms with Crippen molar-refractivity contribution in [3.63, 3.8) is 0 Å². The second-order valence-corrected chi connectivity index (χ2v) is 6.93. The van der Waals surface area contributed by atoms with Gasteiger partial charge in [-0.25, -0.2) is 0 Å². The fraction of sp³-hybridized carbons (Fsp3) is 0.684. The van der Waals surface area contributed by atoms with Gasteiger partial charge in [0.05, 0.1) is 0 Å². The summed E-state index contributed by atoms with van der Waals surface area (Å²) in [6.07, 6.45) is 12.2. The minimum absolute atomic E-state index is 0.621. The molecule has 2 rings (SSSR count). The van der Waals surface area contributed by atoms with Crippen molar-refractivity contribution in [2.75, 3.05) is 6.54 Å². The Labute approximate surface area is 135 Å². The van der Waals surface area contributed by atoms with Crippen molar-refractivity contribution in [3.05, 3.63) is 34.9 Å². The lowest BCUT2D eigenvalue weighted by molar-refractivity contribution is 0.505. The molecule has 1 N–H and O–H groups in total. The van der Waals surface area contributed by atoms with Crippen LogP contribution in [0.3, 0.4) is 0 Å². The first-order valence-corrected chi connectivity index (χ1v) is 9.16. The van der Waals surface area contributed by atoms with Gasteiger partial charge in [0.1, 0.15) is 0 Å². The van der Waals surface area contributed by atoms with Crippen molar-refractivity contribution in [3.8, 4) is 0 Å². The largest absolute Gasteiger partial charge is 0.313 e. The molecule has 0 heterocycles. The van der Waals surface area contributed by atoms with Gasteiger partial charge in [-0.1, -0.05) is 69.2 Å². The molecule has 0 amide bonds. The third-order valence-corrected chi connectivity index (χ3v) is 4.69. The van der Waals surface area contributed by atoms with E-state index >= 15 is 0 Å². The molecule has 2 heteroatoms. The van der Waals surface area contributed by atoms with Crippen LogP contribution < -0.4 is 5.32 Å². The molecule has 118 valence electrons. The molecule has 0 aromatic heterocycles. The summed E-state index contributed by atoms with van der Waals surface area (Å²) in [7, 11) is 0. The van der Waals surface area contributed by atoms with Crippen molar-refractivity contribution >= 4 is 11.6 Å². The maximum Gasteiger partial charge on any atom is 0.0408 e. The van der Waals surface area contributed by atoms with Crippen molar-refractivity contribution in [2.24, 2.45) is 0 Å². The lowest BCUT2D eigenvalue weighted by Gasteiger charge is -2.18. The summed E-state index contributed by atoms with van der Waals surface area (Å²) in [4.78, 5) is 0. The third kappa shape index (κ3) is 6.84. The minimum Gasteiger partial charge on any atom is -0.313 e. The number of hydrogen-bond acceptors (Lipinski definition) is 1. The number of benzene rings is 1. The van der Waals surface area contributed by atoms with Crippen molar-refractivity contribution in [1.82, 2.24) is 5.32 Å². The summed E-state index contributed by atoms with van der Waals surface area (Å²) in [5, 5.41) is 4.56. The van der Waals surface area contributed by atoms with E-state index in [1.165, 1.54) is 63.4 Å². The molecule has 1 fully saturated rings. The van der Waals surface area contributed by atoms with E-state index < -0.39 is 0 Å². The minimum atomic E-state index is 0.621. The Bertz CT molecular complexity index is 400. The van der Waals surface area contributed by atoms with Gasteiger partial charge in [-0.15, -0.1) is 0 Å². The molecule has 0 aliphatic heterocycles. The zero-order chi connectivity index (χ0) is 14.9. The Morgan fingerprint density at radius 3 is 2.62 bits per heavy atom. The molecule has 1 aliphatic carbocycles.